The molecule has 1 aliphatic heterocycles. The lowest BCUT2D eigenvalue weighted by molar-refractivity contribution is 0.363. The molecule has 1 saturated carbocycles. The number of hydrogen-bond acceptors (Lipinski definition) is 3. The first-order valence-corrected chi connectivity index (χ1v) is 7.74. The Morgan fingerprint density at radius 3 is 2.95 bits per heavy atom. The lowest BCUT2D eigenvalue weighted by Crippen LogP contribution is -2.42. The highest BCUT2D eigenvalue weighted by molar-refractivity contribution is 5.98. The molecule has 4 rings (SSSR count). The van der Waals surface area contributed by atoms with Crippen LogP contribution in [0.4, 0.5) is 11.4 Å². The number of nitrogens with two attached hydrogens (primary N) is 1. The molecule has 2 unspecified atom stereocenters. The van der Waals surface area contributed by atoms with Crippen LogP contribution in [0.15, 0.2) is 30.5 Å². The van der Waals surface area contributed by atoms with Gasteiger partial charge in [-0.1, -0.05) is 6.42 Å². The fourth-order valence-electron chi connectivity index (χ4n) is 4.16. The molecule has 3 nitrogen and oxygen atoms in total. The minimum absolute atomic E-state index is 0.720. The van der Waals surface area contributed by atoms with Crippen molar-refractivity contribution in [2.75, 3.05) is 17.2 Å². The van der Waals surface area contributed by atoms with E-state index >= 15 is 0 Å². The molecule has 3 heteroatoms. The molecule has 2 atom stereocenters. The number of aromatic nitrogens is 1. The van der Waals surface area contributed by atoms with Gasteiger partial charge < -0.3 is 10.6 Å². The summed E-state index contributed by atoms with van der Waals surface area (Å²) in [6.45, 7) is 1.16. The summed E-state index contributed by atoms with van der Waals surface area (Å²) in [5.74, 6) is 0.889. The number of nitrogens with zero attached hydrogens (tertiary/aromatic N) is 2. The zero-order valence-electron chi connectivity index (χ0n) is 11.8. The van der Waals surface area contributed by atoms with Crippen LogP contribution in [0.1, 0.15) is 32.1 Å². The summed E-state index contributed by atoms with van der Waals surface area (Å²) in [5, 5.41) is 1.09. The molecule has 2 heterocycles. The van der Waals surface area contributed by atoms with Crippen LogP contribution in [-0.2, 0) is 0 Å². The Hall–Kier alpha value is -1.77. The summed E-state index contributed by atoms with van der Waals surface area (Å²) >= 11 is 0. The molecule has 0 amide bonds. The molecule has 1 aromatic carbocycles. The Morgan fingerprint density at radius 1 is 1.10 bits per heavy atom. The van der Waals surface area contributed by atoms with Gasteiger partial charge in [0, 0.05) is 29.9 Å². The number of pyridine rings is 1. The third-order valence-corrected chi connectivity index (χ3v) is 5.08. The average Bonchev–Trinajstić information content (AvgIpc) is 2.97. The van der Waals surface area contributed by atoms with E-state index in [4.69, 9.17) is 5.73 Å². The molecular weight excluding hydrogens is 246 g/mol. The first kappa shape index (κ1) is 12.0. The minimum atomic E-state index is 0.720. The standard InChI is InChI=1S/C17H21N3/c18-14-8-9-16(17-13(14)6-2-10-19-17)20-11-3-5-12-4-1-7-15(12)20/h2,6,8-10,12,15H,1,3-5,7,11,18H2. The lowest BCUT2D eigenvalue weighted by Gasteiger charge is -2.39. The lowest BCUT2D eigenvalue weighted by atomic mass is 9.91. The number of anilines is 2. The van der Waals surface area contributed by atoms with Crippen LogP contribution < -0.4 is 10.6 Å². The van der Waals surface area contributed by atoms with Crippen LogP contribution in [-0.4, -0.2) is 17.6 Å². The fourth-order valence-corrected chi connectivity index (χ4v) is 4.16. The van der Waals surface area contributed by atoms with Crippen molar-refractivity contribution in [1.82, 2.24) is 4.98 Å². The molecule has 1 saturated heterocycles. The second kappa shape index (κ2) is 4.65. The Kier molecular flexibility index (Phi) is 2.79. The van der Waals surface area contributed by atoms with Crippen molar-refractivity contribution < 1.29 is 0 Å². The normalized spacial score (nSPS) is 25.9. The first-order valence-electron chi connectivity index (χ1n) is 7.74. The van der Waals surface area contributed by atoms with Crippen LogP contribution in [0, 0.1) is 5.92 Å². The predicted octanol–water partition coefficient (Wildman–Crippen LogP) is 3.59. The summed E-state index contributed by atoms with van der Waals surface area (Å²) in [4.78, 5) is 7.22. The summed E-state index contributed by atoms with van der Waals surface area (Å²) in [6, 6.07) is 8.98. The quantitative estimate of drug-likeness (QED) is 0.803. The van der Waals surface area contributed by atoms with Gasteiger partial charge in [0.1, 0.15) is 0 Å². The smallest absolute Gasteiger partial charge is 0.0956 e. The Labute approximate surface area is 119 Å². The van der Waals surface area contributed by atoms with Crippen molar-refractivity contribution >= 4 is 22.3 Å². The third-order valence-electron chi connectivity index (χ3n) is 5.08. The molecule has 1 aromatic heterocycles. The third kappa shape index (κ3) is 1.76. The molecular formula is C17H21N3. The van der Waals surface area contributed by atoms with E-state index in [0.717, 1.165) is 35.1 Å². The summed E-state index contributed by atoms with van der Waals surface area (Å²) in [7, 11) is 0. The van der Waals surface area contributed by atoms with Crippen molar-refractivity contribution in [3.63, 3.8) is 0 Å². The molecule has 2 aromatic rings. The number of rotatable bonds is 1. The van der Waals surface area contributed by atoms with Gasteiger partial charge in [-0.3, -0.25) is 4.98 Å². The van der Waals surface area contributed by atoms with Gasteiger partial charge in [-0.15, -0.1) is 0 Å². The zero-order valence-corrected chi connectivity index (χ0v) is 11.8. The van der Waals surface area contributed by atoms with Gasteiger partial charge in [-0.25, -0.2) is 0 Å². The fraction of sp³-hybridized carbons (Fsp3) is 0.471. The monoisotopic (exact) mass is 267 g/mol. The van der Waals surface area contributed by atoms with Crippen molar-refractivity contribution in [3.05, 3.63) is 30.5 Å². The highest BCUT2D eigenvalue weighted by Crippen LogP contribution is 2.41. The van der Waals surface area contributed by atoms with Gasteiger partial charge in [0.05, 0.1) is 11.2 Å². The van der Waals surface area contributed by atoms with Crippen molar-refractivity contribution in [3.8, 4) is 0 Å². The number of nitrogen functional groups attached to an aromatic ring is 1. The molecule has 0 spiro atoms. The van der Waals surface area contributed by atoms with Gasteiger partial charge in [0.15, 0.2) is 0 Å². The van der Waals surface area contributed by atoms with Crippen LogP contribution in [0.3, 0.4) is 0 Å². The van der Waals surface area contributed by atoms with Gasteiger partial charge in [-0.05, 0) is 55.9 Å². The molecule has 20 heavy (non-hydrogen) atoms. The van der Waals surface area contributed by atoms with E-state index in [1.807, 2.05) is 18.3 Å². The number of fused-ring (bicyclic) bond motifs is 2. The van der Waals surface area contributed by atoms with Gasteiger partial charge in [0.25, 0.3) is 0 Å². The Morgan fingerprint density at radius 2 is 2.00 bits per heavy atom. The van der Waals surface area contributed by atoms with E-state index in [-0.39, 0.29) is 0 Å². The average molecular weight is 267 g/mol. The van der Waals surface area contributed by atoms with Crippen LogP contribution in [0.25, 0.3) is 10.9 Å². The summed E-state index contributed by atoms with van der Waals surface area (Å²) in [5.41, 5.74) is 9.29. The second-order valence-electron chi connectivity index (χ2n) is 6.17. The maximum Gasteiger partial charge on any atom is 0.0956 e. The number of piperidine rings is 1. The van der Waals surface area contributed by atoms with Gasteiger partial charge in [0.2, 0.25) is 0 Å². The number of hydrogen-bond donors (Lipinski definition) is 1. The Balaban J connectivity index is 1.83. The highest BCUT2D eigenvalue weighted by atomic mass is 15.2. The maximum atomic E-state index is 6.10. The zero-order chi connectivity index (χ0) is 13.5. The van der Waals surface area contributed by atoms with Crippen molar-refractivity contribution in [2.24, 2.45) is 5.92 Å². The van der Waals surface area contributed by atoms with E-state index in [1.165, 1.54) is 37.8 Å². The van der Waals surface area contributed by atoms with E-state index < -0.39 is 0 Å². The summed E-state index contributed by atoms with van der Waals surface area (Å²) < 4.78 is 0. The second-order valence-corrected chi connectivity index (χ2v) is 6.17. The van der Waals surface area contributed by atoms with Crippen molar-refractivity contribution in [2.45, 2.75) is 38.1 Å². The van der Waals surface area contributed by atoms with Gasteiger partial charge in [-0.2, -0.15) is 0 Å². The minimum Gasteiger partial charge on any atom is -0.398 e. The van der Waals surface area contributed by atoms with E-state index in [2.05, 4.69) is 22.0 Å². The molecule has 2 N–H and O–H groups in total. The molecule has 1 aliphatic carbocycles. The molecule has 0 bridgehead atoms. The molecule has 2 fully saturated rings. The maximum absolute atomic E-state index is 6.10. The molecule has 0 radical (unpaired) electrons. The van der Waals surface area contributed by atoms with E-state index in [0.29, 0.717) is 0 Å². The highest BCUT2D eigenvalue weighted by Gasteiger charge is 2.35. The molecule has 2 aliphatic rings. The topological polar surface area (TPSA) is 42.1 Å². The van der Waals surface area contributed by atoms with Gasteiger partial charge >= 0.3 is 0 Å². The van der Waals surface area contributed by atoms with Crippen LogP contribution in [0.5, 0.6) is 0 Å². The Bertz CT molecular complexity index is 637. The first-order chi connectivity index (χ1) is 9.84. The van der Waals surface area contributed by atoms with E-state index in [9.17, 15) is 0 Å². The van der Waals surface area contributed by atoms with Crippen molar-refractivity contribution in [1.29, 1.82) is 0 Å². The largest absolute Gasteiger partial charge is 0.398 e. The molecule has 104 valence electrons. The van der Waals surface area contributed by atoms with Crippen LogP contribution >= 0.6 is 0 Å². The van der Waals surface area contributed by atoms with Crippen LogP contribution in [0.2, 0.25) is 0 Å². The SMILES string of the molecule is Nc1ccc(N2CCCC3CCCC32)c2ncccc12. The van der Waals surface area contributed by atoms with E-state index in [1.54, 1.807) is 0 Å². The summed E-state index contributed by atoms with van der Waals surface area (Å²) in [6.07, 6.45) is 8.71. The number of benzene rings is 1. The predicted molar refractivity (Wildman–Crippen MR) is 83.9 cm³/mol.